The van der Waals surface area contributed by atoms with Gasteiger partial charge in [0.1, 0.15) is 5.82 Å². The molecule has 1 atom stereocenters. The molecule has 0 spiro atoms. The van der Waals surface area contributed by atoms with Crippen molar-refractivity contribution < 1.29 is 14.0 Å². The Bertz CT molecular complexity index is 617. The van der Waals surface area contributed by atoms with E-state index in [2.05, 4.69) is 15.5 Å². The minimum absolute atomic E-state index is 0. The smallest absolute Gasteiger partial charge is 0.254 e. The largest absolute Gasteiger partial charge is 0.351 e. The Labute approximate surface area is 159 Å². The second kappa shape index (κ2) is 9.85. The molecule has 6 nitrogen and oxygen atoms in total. The highest BCUT2D eigenvalue weighted by molar-refractivity contribution is 5.94. The summed E-state index contributed by atoms with van der Waals surface area (Å²) in [5.74, 6) is -0.683. The molecule has 2 aliphatic rings. The molecule has 2 aliphatic heterocycles. The maximum absolute atomic E-state index is 13.6. The molecule has 0 unspecified atom stereocenters. The summed E-state index contributed by atoms with van der Waals surface area (Å²) in [6, 6.07) is 5.96. The van der Waals surface area contributed by atoms with Gasteiger partial charge in [-0.15, -0.1) is 12.4 Å². The molecule has 0 saturated carbocycles. The number of rotatable bonds is 5. The van der Waals surface area contributed by atoms with Crippen LogP contribution in [0.25, 0.3) is 0 Å². The third kappa shape index (κ3) is 5.16. The van der Waals surface area contributed by atoms with Crippen LogP contribution in [0.2, 0.25) is 0 Å². The van der Waals surface area contributed by atoms with Gasteiger partial charge in [-0.3, -0.25) is 14.5 Å². The standard InChI is InChI=1S/C18H25FN4O2.ClH/c19-15-5-2-1-4-14(15)17(24)21-8-9-22-10-12-23(13-11-22)18(25)16-6-3-7-20-16;/h1-2,4-5,16,20H,3,6-13H2,(H,21,24);1H/t16-;/m0./s1. The SMILES string of the molecule is Cl.O=C(NCCN1CCN(C(=O)[C@@H]2CCCN2)CC1)c1ccccc1F. The van der Waals surface area contributed by atoms with Gasteiger partial charge in [0.15, 0.2) is 0 Å². The Hall–Kier alpha value is -1.70. The fourth-order valence-electron chi connectivity index (χ4n) is 3.38. The molecular weight excluding hydrogens is 359 g/mol. The van der Waals surface area contributed by atoms with Crippen molar-refractivity contribution in [2.75, 3.05) is 45.8 Å². The molecule has 8 heteroatoms. The Morgan fingerprint density at radius 2 is 1.92 bits per heavy atom. The number of hydrogen-bond donors (Lipinski definition) is 2. The summed E-state index contributed by atoms with van der Waals surface area (Å²) in [6.07, 6.45) is 2.00. The Balaban J connectivity index is 0.00000243. The van der Waals surface area contributed by atoms with Crippen LogP contribution in [0, 0.1) is 5.82 Å². The van der Waals surface area contributed by atoms with Gasteiger partial charge in [0.05, 0.1) is 11.6 Å². The number of benzene rings is 1. The summed E-state index contributed by atoms with van der Waals surface area (Å²) in [6.45, 7) is 5.13. The third-order valence-electron chi connectivity index (χ3n) is 4.87. The maximum Gasteiger partial charge on any atom is 0.254 e. The van der Waals surface area contributed by atoms with Crippen molar-refractivity contribution in [3.63, 3.8) is 0 Å². The lowest BCUT2D eigenvalue weighted by Gasteiger charge is -2.36. The van der Waals surface area contributed by atoms with Crippen LogP contribution in [-0.2, 0) is 4.79 Å². The molecular formula is C18H26ClFN4O2. The fraction of sp³-hybridized carbons (Fsp3) is 0.556. The first kappa shape index (κ1) is 20.6. The molecule has 2 amide bonds. The van der Waals surface area contributed by atoms with Gasteiger partial charge < -0.3 is 15.5 Å². The number of halogens is 2. The molecule has 2 saturated heterocycles. The average molecular weight is 385 g/mol. The number of nitrogens with one attached hydrogen (secondary N) is 2. The number of carbonyl (C=O) groups excluding carboxylic acids is 2. The zero-order valence-corrected chi connectivity index (χ0v) is 15.6. The number of hydrogen-bond acceptors (Lipinski definition) is 4. The van der Waals surface area contributed by atoms with Crippen molar-refractivity contribution in [1.82, 2.24) is 20.4 Å². The lowest BCUT2D eigenvalue weighted by atomic mass is 10.2. The van der Waals surface area contributed by atoms with Gasteiger partial charge in [-0.2, -0.15) is 0 Å². The van der Waals surface area contributed by atoms with E-state index >= 15 is 0 Å². The van der Waals surface area contributed by atoms with Crippen LogP contribution in [-0.4, -0.2) is 73.5 Å². The quantitative estimate of drug-likeness (QED) is 0.790. The molecule has 1 aromatic carbocycles. The number of amides is 2. The molecule has 3 rings (SSSR count). The summed E-state index contributed by atoms with van der Waals surface area (Å²) in [4.78, 5) is 28.5. The van der Waals surface area contributed by atoms with Gasteiger partial charge in [0, 0.05) is 39.3 Å². The lowest BCUT2D eigenvalue weighted by molar-refractivity contribution is -0.134. The van der Waals surface area contributed by atoms with E-state index in [1.165, 1.54) is 12.1 Å². The molecule has 0 bridgehead atoms. The van der Waals surface area contributed by atoms with Crippen LogP contribution in [0.1, 0.15) is 23.2 Å². The van der Waals surface area contributed by atoms with Gasteiger partial charge >= 0.3 is 0 Å². The molecule has 2 heterocycles. The number of carbonyl (C=O) groups is 2. The van der Waals surface area contributed by atoms with Crippen molar-refractivity contribution in [2.24, 2.45) is 0 Å². The van der Waals surface area contributed by atoms with Gasteiger partial charge in [-0.1, -0.05) is 12.1 Å². The van der Waals surface area contributed by atoms with Crippen LogP contribution in [0.5, 0.6) is 0 Å². The van der Waals surface area contributed by atoms with E-state index in [0.29, 0.717) is 13.1 Å². The van der Waals surface area contributed by atoms with Crippen LogP contribution >= 0.6 is 12.4 Å². The monoisotopic (exact) mass is 384 g/mol. The van der Waals surface area contributed by atoms with Crippen molar-refractivity contribution in [2.45, 2.75) is 18.9 Å². The second-order valence-electron chi connectivity index (χ2n) is 6.55. The topological polar surface area (TPSA) is 64.7 Å². The van der Waals surface area contributed by atoms with Crippen molar-refractivity contribution >= 4 is 24.2 Å². The van der Waals surface area contributed by atoms with E-state index in [9.17, 15) is 14.0 Å². The average Bonchev–Trinajstić information content (AvgIpc) is 3.16. The maximum atomic E-state index is 13.6. The summed E-state index contributed by atoms with van der Waals surface area (Å²) in [5, 5.41) is 6.00. The first-order valence-corrected chi connectivity index (χ1v) is 8.92. The van der Waals surface area contributed by atoms with Crippen molar-refractivity contribution in [3.05, 3.63) is 35.6 Å². The highest BCUT2D eigenvalue weighted by Gasteiger charge is 2.29. The summed E-state index contributed by atoms with van der Waals surface area (Å²) in [5.41, 5.74) is 0.0713. The van der Waals surface area contributed by atoms with E-state index in [0.717, 1.165) is 45.6 Å². The fourth-order valence-corrected chi connectivity index (χ4v) is 3.38. The van der Waals surface area contributed by atoms with Gasteiger partial charge in [0.2, 0.25) is 5.91 Å². The number of piperazine rings is 1. The molecule has 0 radical (unpaired) electrons. The van der Waals surface area contributed by atoms with Crippen LogP contribution < -0.4 is 10.6 Å². The first-order chi connectivity index (χ1) is 12.1. The van der Waals surface area contributed by atoms with Gasteiger partial charge in [-0.25, -0.2) is 4.39 Å². The second-order valence-corrected chi connectivity index (χ2v) is 6.55. The van der Waals surface area contributed by atoms with Gasteiger partial charge in [0.25, 0.3) is 5.91 Å². The summed E-state index contributed by atoms with van der Waals surface area (Å²) < 4.78 is 13.6. The minimum Gasteiger partial charge on any atom is -0.351 e. The Kier molecular flexibility index (Phi) is 7.81. The molecule has 0 aromatic heterocycles. The first-order valence-electron chi connectivity index (χ1n) is 8.92. The van der Waals surface area contributed by atoms with E-state index < -0.39 is 5.82 Å². The van der Waals surface area contributed by atoms with Gasteiger partial charge in [-0.05, 0) is 31.5 Å². The summed E-state index contributed by atoms with van der Waals surface area (Å²) in [7, 11) is 0. The minimum atomic E-state index is -0.507. The Morgan fingerprint density at radius 1 is 1.19 bits per heavy atom. The normalized spacial score (nSPS) is 20.5. The van der Waals surface area contributed by atoms with E-state index in [-0.39, 0.29) is 35.8 Å². The highest BCUT2D eigenvalue weighted by atomic mass is 35.5. The van der Waals surface area contributed by atoms with Crippen LogP contribution in [0.3, 0.4) is 0 Å². The van der Waals surface area contributed by atoms with Crippen LogP contribution in [0.4, 0.5) is 4.39 Å². The van der Waals surface area contributed by atoms with E-state index in [4.69, 9.17) is 0 Å². The molecule has 2 N–H and O–H groups in total. The van der Waals surface area contributed by atoms with E-state index in [1.807, 2.05) is 4.90 Å². The van der Waals surface area contributed by atoms with Crippen molar-refractivity contribution in [1.29, 1.82) is 0 Å². The predicted octanol–water partition coefficient (Wildman–Crippen LogP) is 0.874. The molecule has 144 valence electrons. The zero-order chi connectivity index (χ0) is 17.6. The molecule has 26 heavy (non-hydrogen) atoms. The lowest BCUT2D eigenvalue weighted by Crippen LogP contribution is -2.53. The van der Waals surface area contributed by atoms with E-state index in [1.54, 1.807) is 12.1 Å². The molecule has 2 fully saturated rings. The molecule has 1 aromatic rings. The highest BCUT2D eigenvalue weighted by Crippen LogP contribution is 2.11. The van der Waals surface area contributed by atoms with Crippen molar-refractivity contribution in [3.8, 4) is 0 Å². The third-order valence-corrected chi connectivity index (χ3v) is 4.87. The molecule has 0 aliphatic carbocycles. The Morgan fingerprint density at radius 3 is 2.58 bits per heavy atom. The predicted molar refractivity (Wildman–Crippen MR) is 100 cm³/mol. The number of nitrogens with zero attached hydrogens (tertiary/aromatic N) is 2. The zero-order valence-electron chi connectivity index (χ0n) is 14.7. The summed E-state index contributed by atoms with van der Waals surface area (Å²) >= 11 is 0. The van der Waals surface area contributed by atoms with Crippen LogP contribution in [0.15, 0.2) is 24.3 Å².